The molecule has 1 fully saturated rings. The number of aromatic carboxylic acids is 1. The molecule has 0 spiro atoms. The van der Waals surface area contributed by atoms with Gasteiger partial charge in [0.15, 0.2) is 5.69 Å². The Labute approximate surface area is 123 Å². The van der Waals surface area contributed by atoms with Crippen LogP contribution in [0.3, 0.4) is 0 Å². The summed E-state index contributed by atoms with van der Waals surface area (Å²) in [6, 6.07) is 11.7. The van der Waals surface area contributed by atoms with Crippen molar-refractivity contribution in [1.82, 2.24) is 9.97 Å². The van der Waals surface area contributed by atoms with Gasteiger partial charge in [-0.3, -0.25) is 0 Å². The minimum Gasteiger partial charge on any atom is -0.477 e. The van der Waals surface area contributed by atoms with Gasteiger partial charge < -0.3 is 5.11 Å². The van der Waals surface area contributed by atoms with E-state index in [2.05, 4.69) is 22.1 Å². The maximum atomic E-state index is 11.2. The molecule has 1 aromatic heterocycles. The monoisotopic (exact) mass is 282 g/mol. The number of hydrogen-bond donors (Lipinski definition) is 1. The summed E-state index contributed by atoms with van der Waals surface area (Å²) in [6.07, 6.45) is 6.96. The number of hydrogen-bond acceptors (Lipinski definition) is 3. The molecular formula is C17H18N2O2. The van der Waals surface area contributed by atoms with Crippen molar-refractivity contribution in [2.45, 2.75) is 37.5 Å². The van der Waals surface area contributed by atoms with Crippen LogP contribution in [0.5, 0.6) is 0 Å². The van der Waals surface area contributed by atoms with Gasteiger partial charge >= 0.3 is 5.97 Å². The summed E-state index contributed by atoms with van der Waals surface area (Å²) in [6.45, 7) is 0. The van der Waals surface area contributed by atoms with Gasteiger partial charge in [-0.15, -0.1) is 0 Å². The van der Waals surface area contributed by atoms with Crippen LogP contribution in [0.25, 0.3) is 0 Å². The van der Waals surface area contributed by atoms with Gasteiger partial charge in [-0.25, -0.2) is 14.8 Å². The van der Waals surface area contributed by atoms with Gasteiger partial charge in [0.2, 0.25) is 0 Å². The van der Waals surface area contributed by atoms with Gasteiger partial charge in [-0.1, -0.05) is 49.6 Å². The van der Waals surface area contributed by atoms with Crippen LogP contribution in [0.4, 0.5) is 0 Å². The third kappa shape index (κ3) is 2.53. The number of nitrogens with zero attached hydrogens (tertiary/aromatic N) is 2. The lowest BCUT2D eigenvalue weighted by Crippen LogP contribution is -2.33. The molecule has 1 aliphatic carbocycles. The average molecular weight is 282 g/mol. The SMILES string of the molecule is O=C(O)c1ccnc(C2(c3ccccc3)CCCCC2)n1. The zero-order chi connectivity index (χ0) is 14.7. The van der Waals surface area contributed by atoms with Crippen LogP contribution in [0.2, 0.25) is 0 Å². The first-order valence-electron chi connectivity index (χ1n) is 7.35. The number of aromatic nitrogens is 2. The summed E-state index contributed by atoms with van der Waals surface area (Å²) in [4.78, 5) is 19.9. The summed E-state index contributed by atoms with van der Waals surface area (Å²) >= 11 is 0. The van der Waals surface area contributed by atoms with E-state index in [4.69, 9.17) is 0 Å². The smallest absolute Gasteiger partial charge is 0.354 e. The first kappa shape index (κ1) is 13.7. The van der Waals surface area contributed by atoms with Crippen molar-refractivity contribution >= 4 is 5.97 Å². The van der Waals surface area contributed by atoms with Crippen LogP contribution in [0.15, 0.2) is 42.6 Å². The number of carboxylic acids is 1. The van der Waals surface area contributed by atoms with E-state index in [1.807, 2.05) is 18.2 Å². The van der Waals surface area contributed by atoms with Gasteiger partial charge in [-0.2, -0.15) is 0 Å². The molecule has 2 aromatic rings. The second-order valence-electron chi connectivity index (χ2n) is 5.58. The van der Waals surface area contributed by atoms with E-state index in [-0.39, 0.29) is 11.1 Å². The lowest BCUT2D eigenvalue weighted by Gasteiger charge is -2.36. The first-order valence-corrected chi connectivity index (χ1v) is 7.35. The van der Waals surface area contributed by atoms with Crippen LogP contribution in [0.1, 0.15) is 54.0 Å². The minimum absolute atomic E-state index is 0.0703. The Morgan fingerprint density at radius 2 is 1.76 bits per heavy atom. The number of carboxylic acid groups (broad SMARTS) is 1. The van der Waals surface area contributed by atoms with E-state index in [1.165, 1.54) is 18.1 Å². The fraction of sp³-hybridized carbons (Fsp3) is 0.353. The Balaban J connectivity index is 2.12. The Kier molecular flexibility index (Phi) is 3.69. The molecule has 0 unspecified atom stereocenters. The average Bonchev–Trinajstić information content (AvgIpc) is 2.56. The number of benzene rings is 1. The fourth-order valence-corrected chi connectivity index (χ4v) is 3.26. The van der Waals surface area contributed by atoms with Crippen LogP contribution in [0, 0.1) is 0 Å². The normalized spacial score (nSPS) is 17.3. The molecular weight excluding hydrogens is 264 g/mol. The zero-order valence-corrected chi connectivity index (χ0v) is 11.8. The Bertz CT molecular complexity index is 634. The van der Waals surface area contributed by atoms with Gasteiger partial charge in [0.25, 0.3) is 0 Å². The summed E-state index contributed by atoms with van der Waals surface area (Å²) in [5.74, 6) is -0.356. The standard InChI is InChI=1S/C17H18N2O2/c20-15(21)14-9-12-18-16(19-14)17(10-5-2-6-11-17)13-7-3-1-4-8-13/h1,3-4,7-9,12H,2,5-6,10-11H2,(H,20,21). The molecule has 4 nitrogen and oxygen atoms in total. The molecule has 0 atom stereocenters. The van der Waals surface area contributed by atoms with Crippen LogP contribution in [-0.2, 0) is 5.41 Å². The van der Waals surface area contributed by atoms with Gasteiger partial charge in [-0.05, 0) is 24.5 Å². The Morgan fingerprint density at radius 3 is 2.43 bits per heavy atom. The van der Waals surface area contributed by atoms with Gasteiger partial charge in [0.1, 0.15) is 5.82 Å². The minimum atomic E-state index is -1.00. The van der Waals surface area contributed by atoms with Crippen molar-refractivity contribution < 1.29 is 9.90 Å². The molecule has 1 aliphatic rings. The third-order valence-corrected chi connectivity index (χ3v) is 4.34. The van der Waals surface area contributed by atoms with Gasteiger partial charge in [0.05, 0.1) is 5.41 Å². The number of rotatable bonds is 3. The predicted molar refractivity (Wildman–Crippen MR) is 79.3 cm³/mol. The second-order valence-corrected chi connectivity index (χ2v) is 5.58. The Hall–Kier alpha value is -2.23. The maximum absolute atomic E-state index is 11.2. The van der Waals surface area contributed by atoms with Crippen molar-refractivity contribution in [2.75, 3.05) is 0 Å². The molecule has 0 radical (unpaired) electrons. The molecule has 1 heterocycles. The number of carbonyl (C=O) groups is 1. The Morgan fingerprint density at radius 1 is 1.05 bits per heavy atom. The molecule has 0 saturated heterocycles. The highest BCUT2D eigenvalue weighted by Gasteiger charge is 2.38. The molecule has 1 saturated carbocycles. The molecule has 4 heteroatoms. The lowest BCUT2D eigenvalue weighted by atomic mass is 9.68. The third-order valence-electron chi connectivity index (χ3n) is 4.34. The molecule has 0 amide bonds. The van der Waals surface area contributed by atoms with Crippen LogP contribution < -0.4 is 0 Å². The van der Waals surface area contributed by atoms with E-state index in [1.54, 1.807) is 6.20 Å². The molecule has 0 bridgehead atoms. The lowest BCUT2D eigenvalue weighted by molar-refractivity contribution is 0.0689. The van der Waals surface area contributed by atoms with Crippen LogP contribution >= 0.6 is 0 Å². The molecule has 1 aromatic carbocycles. The first-order chi connectivity index (χ1) is 10.2. The topological polar surface area (TPSA) is 63.1 Å². The summed E-state index contributed by atoms with van der Waals surface area (Å²) in [5, 5.41) is 9.17. The van der Waals surface area contributed by atoms with E-state index in [0.29, 0.717) is 5.82 Å². The molecule has 3 rings (SSSR count). The highest BCUT2D eigenvalue weighted by molar-refractivity contribution is 5.85. The molecule has 1 N–H and O–H groups in total. The summed E-state index contributed by atoms with van der Waals surface area (Å²) in [7, 11) is 0. The second kappa shape index (κ2) is 5.64. The largest absolute Gasteiger partial charge is 0.477 e. The predicted octanol–water partition coefficient (Wildman–Crippen LogP) is 3.43. The van der Waals surface area contributed by atoms with Crippen molar-refractivity contribution in [2.24, 2.45) is 0 Å². The van der Waals surface area contributed by atoms with Gasteiger partial charge in [0, 0.05) is 6.20 Å². The fourth-order valence-electron chi connectivity index (χ4n) is 3.26. The maximum Gasteiger partial charge on any atom is 0.354 e. The zero-order valence-electron chi connectivity index (χ0n) is 11.8. The van der Waals surface area contributed by atoms with Crippen molar-refractivity contribution in [1.29, 1.82) is 0 Å². The van der Waals surface area contributed by atoms with Crippen molar-refractivity contribution in [3.05, 3.63) is 59.7 Å². The molecule has 21 heavy (non-hydrogen) atoms. The van der Waals surface area contributed by atoms with E-state index in [9.17, 15) is 9.90 Å². The van der Waals surface area contributed by atoms with Crippen LogP contribution in [-0.4, -0.2) is 21.0 Å². The van der Waals surface area contributed by atoms with Crippen molar-refractivity contribution in [3.63, 3.8) is 0 Å². The van der Waals surface area contributed by atoms with E-state index < -0.39 is 5.97 Å². The summed E-state index contributed by atoms with van der Waals surface area (Å²) < 4.78 is 0. The van der Waals surface area contributed by atoms with Crippen molar-refractivity contribution in [3.8, 4) is 0 Å². The van der Waals surface area contributed by atoms with E-state index >= 15 is 0 Å². The molecule has 0 aliphatic heterocycles. The highest BCUT2D eigenvalue weighted by Crippen LogP contribution is 2.43. The molecule has 108 valence electrons. The summed E-state index contributed by atoms with van der Waals surface area (Å²) in [5.41, 5.74) is 1.01. The van der Waals surface area contributed by atoms with E-state index in [0.717, 1.165) is 25.7 Å². The quantitative estimate of drug-likeness (QED) is 0.936. The highest BCUT2D eigenvalue weighted by atomic mass is 16.4.